The fourth-order valence-corrected chi connectivity index (χ4v) is 4.61. The molecule has 2 aromatic carbocycles. The molecular formula is C23H22N4OS2. The molecule has 0 spiro atoms. The van der Waals surface area contributed by atoms with Gasteiger partial charge < -0.3 is 10.3 Å². The van der Waals surface area contributed by atoms with Crippen molar-refractivity contribution in [2.45, 2.75) is 24.5 Å². The van der Waals surface area contributed by atoms with Crippen LogP contribution in [0, 0.1) is 6.92 Å². The molecule has 0 radical (unpaired) electrons. The van der Waals surface area contributed by atoms with E-state index in [4.69, 9.17) is 0 Å². The zero-order valence-electron chi connectivity index (χ0n) is 16.5. The van der Waals surface area contributed by atoms with Gasteiger partial charge in [0.1, 0.15) is 11.0 Å². The number of aromatic amines is 1. The van der Waals surface area contributed by atoms with Gasteiger partial charge in [0, 0.05) is 23.7 Å². The van der Waals surface area contributed by atoms with Gasteiger partial charge in [0.15, 0.2) is 5.16 Å². The number of thioether (sulfide) groups is 1. The van der Waals surface area contributed by atoms with E-state index in [0.717, 1.165) is 33.5 Å². The highest BCUT2D eigenvalue weighted by Crippen LogP contribution is 2.24. The Bertz CT molecular complexity index is 1080. The van der Waals surface area contributed by atoms with E-state index in [9.17, 15) is 4.79 Å². The van der Waals surface area contributed by atoms with Crippen LogP contribution in [0.5, 0.6) is 0 Å². The lowest BCUT2D eigenvalue weighted by molar-refractivity contribution is -0.119. The largest absolute Gasteiger partial charge is 0.342 e. The first-order valence-corrected chi connectivity index (χ1v) is 11.5. The lowest BCUT2D eigenvalue weighted by atomic mass is 10.1. The lowest BCUT2D eigenvalue weighted by Gasteiger charge is -2.16. The number of nitrogens with one attached hydrogen (secondary N) is 2. The number of rotatable bonds is 8. The van der Waals surface area contributed by atoms with E-state index in [2.05, 4.69) is 32.4 Å². The summed E-state index contributed by atoms with van der Waals surface area (Å²) >= 11 is 2.95. The van der Waals surface area contributed by atoms with Gasteiger partial charge in [-0.15, -0.1) is 11.3 Å². The van der Waals surface area contributed by atoms with E-state index in [0.29, 0.717) is 0 Å². The van der Waals surface area contributed by atoms with Gasteiger partial charge in [0.25, 0.3) is 0 Å². The molecule has 0 fully saturated rings. The topological polar surface area (TPSA) is 70.7 Å². The molecule has 1 unspecified atom stereocenters. The highest BCUT2D eigenvalue weighted by atomic mass is 32.2. The first-order chi connectivity index (χ1) is 14.7. The van der Waals surface area contributed by atoms with Crippen LogP contribution in [0.3, 0.4) is 0 Å². The molecule has 0 aliphatic heterocycles. The Balaban J connectivity index is 1.39. The Hall–Kier alpha value is -2.90. The highest BCUT2D eigenvalue weighted by molar-refractivity contribution is 7.99. The number of aryl methyl sites for hydroxylation is 1. The maximum atomic E-state index is 12.7. The zero-order chi connectivity index (χ0) is 20.8. The van der Waals surface area contributed by atoms with Gasteiger partial charge in [0.05, 0.1) is 11.4 Å². The Morgan fingerprint density at radius 2 is 1.87 bits per heavy atom. The molecule has 7 heteroatoms. The van der Waals surface area contributed by atoms with E-state index in [1.165, 1.54) is 28.7 Å². The smallest absolute Gasteiger partial charge is 0.231 e. The number of hydrogen-bond acceptors (Lipinski definition) is 5. The van der Waals surface area contributed by atoms with Gasteiger partial charge in [-0.1, -0.05) is 72.4 Å². The van der Waals surface area contributed by atoms with Crippen molar-refractivity contribution in [2.75, 3.05) is 5.75 Å². The van der Waals surface area contributed by atoms with E-state index in [1.54, 1.807) is 6.20 Å². The van der Waals surface area contributed by atoms with Crippen LogP contribution in [-0.2, 0) is 11.2 Å². The summed E-state index contributed by atoms with van der Waals surface area (Å²) in [6.45, 7) is 2.02. The molecule has 2 N–H and O–H groups in total. The van der Waals surface area contributed by atoms with Gasteiger partial charge in [-0.2, -0.15) is 0 Å². The number of hydrogen-bond donors (Lipinski definition) is 2. The molecule has 0 saturated heterocycles. The van der Waals surface area contributed by atoms with Crippen LogP contribution in [0.25, 0.3) is 0 Å². The highest BCUT2D eigenvalue weighted by Gasteiger charge is 2.19. The minimum absolute atomic E-state index is 0.0530. The van der Waals surface area contributed by atoms with Crippen molar-refractivity contribution < 1.29 is 4.79 Å². The third-order valence-corrected chi connectivity index (χ3v) is 6.37. The summed E-state index contributed by atoms with van der Waals surface area (Å²) < 4.78 is 0. The molecule has 30 heavy (non-hydrogen) atoms. The minimum Gasteiger partial charge on any atom is -0.342 e. The van der Waals surface area contributed by atoms with Crippen molar-refractivity contribution >= 4 is 29.0 Å². The van der Waals surface area contributed by atoms with E-state index in [1.807, 2.05) is 60.8 Å². The standard InChI is InChI=1S/C23H22N4OS2/c1-16-19(14-17-8-4-2-5-9-17)26-23(25-16)30-15-20(28)27-21(22-24-12-13-29-22)18-10-6-3-7-11-18/h2-13,21H,14-15H2,1H3,(H,25,26)(H,27,28). The number of carbonyl (C=O) groups excluding carboxylic acids is 1. The number of nitrogens with zero attached hydrogens (tertiary/aromatic N) is 2. The first kappa shape index (κ1) is 20.4. The molecule has 2 heterocycles. The monoisotopic (exact) mass is 434 g/mol. The SMILES string of the molecule is Cc1[nH]c(SCC(=O)NC(c2ccccc2)c2nccs2)nc1Cc1ccccc1. The lowest BCUT2D eigenvalue weighted by Crippen LogP contribution is -2.30. The Labute approximate surface area is 184 Å². The summed E-state index contributed by atoms with van der Waals surface area (Å²) in [6, 6.07) is 19.9. The van der Waals surface area contributed by atoms with Crippen LogP contribution in [0.1, 0.15) is 33.6 Å². The maximum absolute atomic E-state index is 12.7. The van der Waals surface area contributed by atoms with Crippen molar-refractivity contribution in [3.05, 3.63) is 99.8 Å². The number of carbonyl (C=O) groups is 1. The molecule has 4 rings (SSSR count). The number of imidazole rings is 1. The summed E-state index contributed by atoms with van der Waals surface area (Å²) in [5, 5.41) is 6.67. The maximum Gasteiger partial charge on any atom is 0.231 e. The second kappa shape index (κ2) is 9.73. The third kappa shape index (κ3) is 5.17. The fourth-order valence-electron chi connectivity index (χ4n) is 3.14. The van der Waals surface area contributed by atoms with Gasteiger partial charge in [0.2, 0.25) is 5.91 Å². The summed E-state index contributed by atoms with van der Waals surface area (Å²) in [5.41, 5.74) is 4.28. The molecule has 4 aromatic rings. The molecule has 0 aliphatic rings. The van der Waals surface area contributed by atoms with Crippen LogP contribution in [-0.4, -0.2) is 26.6 Å². The molecule has 152 valence electrons. The predicted molar refractivity (Wildman–Crippen MR) is 122 cm³/mol. The van der Waals surface area contributed by atoms with Crippen molar-refractivity contribution in [3.63, 3.8) is 0 Å². The van der Waals surface area contributed by atoms with Crippen molar-refractivity contribution in [1.82, 2.24) is 20.3 Å². The summed E-state index contributed by atoms with van der Waals surface area (Å²) in [4.78, 5) is 25.1. The summed E-state index contributed by atoms with van der Waals surface area (Å²) in [7, 11) is 0. The molecule has 0 aliphatic carbocycles. The van der Waals surface area contributed by atoms with Gasteiger partial charge in [-0.05, 0) is 18.1 Å². The second-order valence-electron chi connectivity index (χ2n) is 6.85. The van der Waals surface area contributed by atoms with Crippen molar-refractivity contribution in [3.8, 4) is 0 Å². The normalized spacial score (nSPS) is 11.9. The summed E-state index contributed by atoms with van der Waals surface area (Å²) in [5.74, 6) is 0.231. The van der Waals surface area contributed by atoms with Crippen LogP contribution in [0.15, 0.2) is 77.4 Å². The first-order valence-electron chi connectivity index (χ1n) is 9.65. The molecular weight excluding hydrogens is 412 g/mol. The molecule has 5 nitrogen and oxygen atoms in total. The predicted octanol–water partition coefficient (Wildman–Crippen LogP) is 4.76. The molecule has 1 amide bonds. The van der Waals surface area contributed by atoms with Crippen molar-refractivity contribution in [2.24, 2.45) is 0 Å². The van der Waals surface area contributed by atoms with E-state index in [-0.39, 0.29) is 17.7 Å². The number of benzene rings is 2. The van der Waals surface area contributed by atoms with E-state index < -0.39 is 0 Å². The average Bonchev–Trinajstić information content (AvgIpc) is 3.42. The Morgan fingerprint density at radius 3 is 2.57 bits per heavy atom. The zero-order valence-corrected chi connectivity index (χ0v) is 18.2. The van der Waals surface area contributed by atoms with Crippen LogP contribution < -0.4 is 5.32 Å². The van der Waals surface area contributed by atoms with Gasteiger partial charge >= 0.3 is 0 Å². The third-order valence-electron chi connectivity index (χ3n) is 4.65. The van der Waals surface area contributed by atoms with Crippen LogP contribution in [0.4, 0.5) is 0 Å². The van der Waals surface area contributed by atoms with Crippen LogP contribution >= 0.6 is 23.1 Å². The Morgan fingerprint density at radius 1 is 1.13 bits per heavy atom. The number of aromatic nitrogens is 3. The quantitative estimate of drug-likeness (QED) is 0.392. The van der Waals surface area contributed by atoms with Gasteiger partial charge in [-0.3, -0.25) is 4.79 Å². The number of amides is 1. The number of thiazole rings is 1. The van der Waals surface area contributed by atoms with Crippen molar-refractivity contribution in [1.29, 1.82) is 0 Å². The molecule has 0 bridgehead atoms. The van der Waals surface area contributed by atoms with E-state index >= 15 is 0 Å². The summed E-state index contributed by atoms with van der Waals surface area (Å²) in [6.07, 6.45) is 2.53. The van der Waals surface area contributed by atoms with Crippen LogP contribution in [0.2, 0.25) is 0 Å². The van der Waals surface area contributed by atoms with Gasteiger partial charge in [-0.25, -0.2) is 9.97 Å². The second-order valence-corrected chi connectivity index (χ2v) is 8.74. The molecule has 2 aromatic heterocycles. The minimum atomic E-state index is -0.244. The Kier molecular flexibility index (Phi) is 6.61. The number of H-pyrrole nitrogens is 1. The average molecular weight is 435 g/mol. The molecule has 0 saturated carbocycles. The molecule has 1 atom stereocenters. The fraction of sp³-hybridized carbons (Fsp3) is 0.174.